The van der Waals surface area contributed by atoms with Crippen LogP contribution in [0.5, 0.6) is 0 Å². The fourth-order valence-corrected chi connectivity index (χ4v) is 1.10. The predicted octanol–water partition coefficient (Wildman–Crippen LogP) is -0.998. The Morgan fingerprint density at radius 1 is 1.38 bits per heavy atom. The average Bonchev–Trinajstić information content (AvgIpc) is 2.01. The molecule has 0 aromatic carbocycles. The van der Waals surface area contributed by atoms with Crippen molar-refractivity contribution in [1.29, 1.82) is 0 Å². The predicted molar refractivity (Wildman–Crippen MR) is 44.7 cm³/mol. The molecule has 0 radical (unpaired) electrons. The summed E-state index contributed by atoms with van der Waals surface area (Å²) in [5, 5.41) is 37.2. The maximum atomic E-state index is 10.5. The molecule has 6 heteroatoms. The molecule has 0 aromatic rings. The second-order valence-electron chi connectivity index (χ2n) is 3.26. The van der Waals surface area contributed by atoms with Crippen molar-refractivity contribution in [3.05, 3.63) is 10.1 Å². The van der Waals surface area contributed by atoms with E-state index in [4.69, 9.17) is 10.2 Å². The van der Waals surface area contributed by atoms with E-state index in [1.54, 1.807) is 13.8 Å². The van der Waals surface area contributed by atoms with Gasteiger partial charge in [0.05, 0.1) is 6.61 Å². The SMILES string of the molecule is CC(C)C(C(O)C(O)CO)[N+](=O)[O-]. The van der Waals surface area contributed by atoms with Gasteiger partial charge in [-0.3, -0.25) is 10.1 Å². The number of aliphatic hydroxyl groups excluding tert-OH is 3. The quantitative estimate of drug-likeness (QED) is 0.384. The molecule has 0 bridgehead atoms. The van der Waals surface area contributed by atoms with E-state index < -0.39 is 35.7 Å². The minimum absolute atomic E-state index is 0.397. The highest BCUT2D eigenvalue weighted by Gasteiger charge is 2.37. The first-order valence-corrected chi connectivity index (χ1v) is 4.02. The summed E-state index contributed by atoms with van der Waals surface area (Å²) < 4.78 is 0. The molecule has 6 nitrogen and oxygen atoms in total. The molecule has 0 rings (SSSR count). The molecule has 13 heavy (non-hydrogen) atoms. The number of nitro groups is 1. The zero-order valence-corrected chi connectivity index (χ0v) is 7.62. The molecule has 0 spiro atoms. The Labute approximate surface area is 76.0 Å². The van der Waals surface area contributed by atoms with Crippen molar-refractivity contribution in [3.63, 3.8) is 0 Å². The fraction of sp³-hybridized carbons (Fsp3) is 1.00. The van der Waals surface area contributed by atoms with Gasteiger partial charge >= 0.3 is 0 Å². The molecule has 3 atom stereocenters. The van der Waals surface area contributed by atoms with Crippen LogP contribution >= 0.6 is 0 Å². The number of nitrogens with zero attached hydrogens (tertiary/aromatic N) is 1. The van der Waals surface area contributed by atoms with Gasteiger partial charge in [0, 0.05) is 10.8 Å². The van der Waals surface area contributed by atoms with Gasteiger partial charge in [-0.25, -0.2) is 0 Å². The number of hydrogen-bond acceptors (Lipinski definition) is 5. The Morgan fingerprint density at radius 3 is 2.08 bits per heavy atom. The number of aliphatic hydroxyl groups is 3. The third-order valence-corrected chi connectivity index (χ3v) is 1.86. The summed E-state index contributed by atoms with van der Waals surface area (Å²) in [4.78, 5) is 9.81. The highest BCUT2D eigenvalue weighted by atomic mass is 16.6. The van der Waals surface area contributed by atoms with Gasteiger partial charge in [0.15, 0.2) is 0 Å². The third-order valence-electron chi connectivity index (χ3n) is 1.86. The highest BCUT2D eigenvalue weighted by molar-refractivity contribution is 4.77. The molecule has 0 aliphatic carbocycles. The fourth-order valence-electron chi connectivity index (χ4n) is 1.10. The van der Waals surface area contributed by atoms with Crippen LogP contribution < -0.4 is 0 Å². The molecule has 0 fully saturated rings. The minimum atomic E-state index is -1.53. The molecule has 0 heterocycles. The van der Waals surface area contributed by atoms with E-state index >= 15 is 0 Å². The molecule has 3 N–H and O–H groups in total. The van der Waals surface area contributed by atoms with Crippen molar-refractivity contribution in [2.24, 2.45) is 5.92 Å². The molecule has 0 amide bonds. The summed E-state index contributed by atoms with van der Waals surface area (Å²) in [6.07, 6.45) is -2.99. The Morgan fingerprint density at radius 2 is 1.85 bits per heavy atom. The van der Waals surface area contributed by atoms with Crippen molar-refractivity contribution in [2.75, 3.05) is 6.61 Å². The second kappa shape index (κ2) is 5.11. The lowest BCUT2D eigenvalue weighted by atomic mass is 9.96. The van der Waals surface area contributed by atoms with Gasteiger partial charge in [0.2, 0.25) is 6.04 Å². The Balaban J connectivity index is 4.45. The van der Waals surface area contributed by atoms with E-state index in [0.717, 1.165) is 0 Å². The van der Waals surface area contributed by atoms with Crippen LogP contribution in [0.1, 0.15) is 13.8 Å². The molecule has 78 valence electrons. The van der Waals surface area contributed by atoms with Crippen molar-refractivity contribution in [2.45, 2.75) is 32.1 Å². The van der Waals surface area contributed by atoms with Gasteiger partial charge in [-0.05, 0) is 0 Å². The van der Waals surface area contributed by atoms with Crippen LogP contribution in [0.2, 0.25) is 0 Å². The van der Waals surface area contributed by atoms with Crippen LogP contribution in [0.25, 0.3) is 0 Å². The second-order valence-corrected chi connectivity index (χ2v) is 3.26. The lowest BCUT2D eigenvalue weighted by Crippen LogP contribution is -2.46. The van der Waals surface area contributed by atoms with Crippen molar-refractivity contribution >= 4 is 0 Å². The molecule has 0 aliphatic heterocycles. The summed E-state index contributed by atoms with van der Waals surface area (Å²) in [5.41, 5.74) is 0. The summed E-state index contributed by atoms with van der Waals surface area (Å²) in [6.45, 7) is 2.46. The standard InChI is InChI=1S/C7H15NO5/c1-4(2)6(8(12)13)7(11)5(10)3-9/h4-7,9-11H,3H2,1-2H3. The van der Waals surface area contributed by atoms with Crippen LogP contribution in [0.15, 0.2) is 0 Å². The maximum absolute atomic E-state index is 10.5. The lowest BCUT2D eigenvalue weighted by Gasteiger charge is -2.21. The molecule has 0 saturated heterocycles. The van der Waals surface area contributed by atoms with E-state index in [9.17, 15) is 15.2 Å². The van der Waals surface area contributed by atoms with Gasteiger partial charge in [0.1, 0.15) is 12.2 Å². The van der Waals surface area contributed by atoms with E-state index in [0.29, 0.717) is 0 Å². The average molecular weight is 193 g/mol. The van der Waals surface area contributed by atoms with Crippen LogP contribution in [0, 0.1) is 16.0 Å². The summed E-state index contributed by atoms with van der Waals surface area (Å²) in [5.74, 6) is -0.397. The molecule has 3 unspecified atom stereocenters. The van der Waals surface area contributed by atoms with Crippen LogP contribution in [-0.4, -0.2) is 45.1 Å². The molecule has 0 aromatic heterocycles. The molecule has 0 aliphatic rings. The lowest BCUT2D eigenvalue weighted by molar-refractivity contribution is -0.545. The highest BCUT2D eigenvalue weighted by Crippen LogP contribution is 2.13. The van der Waals surface area contributed by atoms with Crippen molar-refractivity contribution in [1.82, 2.24) is 0 Å². The largest absolute Gasteiger partial charge is 0.394 e. The minimum Gasteiger partial charge on any atom is -0.394 e. The van der Waals surface area contributed by atoms with Gasteiger partial charge in [0.25, 0.3) is 0 Å². The topological polar surface area (TPSA) is 104 Å². The number of rotatable bonds is 5. The van der Waals surface area contributed by atoms with E-state index in [2.05, 4.69) is 0 Å². The van der Waals surface area contributed by atoms with Crippen LogP contribution in [-0.2, 0) is 0 Å². The first-order chi connectivity index (χ1) is 5.91. The first kappa shape index (κ1) is 12.3. The third kappa shape index (κ3) is 3.25. The first-order valence-electron chi connectivity index (χ1n) is 4.02. The smallest absolute Gasteiger partial charge is 0.243 e. The van der Waals surface area contributed by atoms with Gasteiger partial charge < -0.3 is 15.3 Å². The molecule has 0 saturated carbocycles. The van der Waals surface area contributed by atoms with Crippen LogP contribution in [0.3, 0.4) is 0 Å². The summed E-state index contributed by atoms with van der Waals surface area (Å²) in [7, 11) is 0. The zero-order valence-electron chi connectivity index (χ0n) is 7.62. The van der Waals surface area contributed by atoms with Gasteiger partial charge in [-0.15, -0.1) is 0 Å². The van der Waals surface area contributed by atoms with Gasteiger partial charge in [-0.1, -0.05) is 13.8 Å². The zero-order chi connectivity index (χ0) is 10.6. The van der Waals surface area contributed by atoms with E-state index in [-0.39, 0.29) is 0 Å². The molecular formula is C7H15NO5. The Hall–Kier alpha value is -0.720. The van der Waals surface area contributed by atoms with Gasteiger partial charge in [-0.2, -0.15) is 0 Å². The monoisotopic (exact) mass is 193 g/mol. The maximum Gasteiger partial charge on any atom is 0.243 e. The number of hydrogen-bond donors (Lipinski definition) is 3. The Bertz CT molecular complexity index is 172. The van der Waals surface area contributed by atoms with Crippen LogP contribution in [0.4, 0.5) is 0 Å². The summed E-state index contributed by atoms with van der Waals surface area (Å²) >= 11 is 0. The Kier molecular flexibility index (Phi) is 4.82. The molecular weight excluding hydrogens is 178 g/mol. The van der Waals surface area contributed by atoms with Crippen molar-refractivity contribution < 1.29 is 20.2 Å². The van der Waals surface area contributed by atoms with E-state index in [1.165, 1.54) is 0 Å². The summed E-state index contributed by atoms with van der Waals surface area (Å²) in [6, 6.07) is -1.25. The van der Waals surface area contributed by atoms with Crippen molar-refractivity contribution in [3.8, 4) is 0 Å². The normalized spacial score (nSPS) is 18.3. The van der Waals surface area contributed by atoms with E-state index in [1.807, 2.05) is 0 Å².